The molecule has 0 unspecified atom stereocenters. The first-order chi connectivity index (χ1) is 12.9. The maximum atomic E-state index is 12.8. The zero-order valence-corrected chi connectivity index (χ0v) is 17.7. The van der Waals surface area contributed by atoms with Gasteiger partial charge in [0.1, 0.15) is 6.61 Å². The molecule has 0 aromatic heterocycles. The van der Waals surface area contributed by atoms with E-state index in [0.717, 1.165) is 11.5 Å². The van der Waals surface area contributed by atoms with Crippen LogP contribution in [0.15, 0.2) is 27.9 Å². The molecular formula is C18H21BrN2O5S. The van der Waals surface area contributed by atoms with Gasteiger partial charge in [-0.25, -0.2) is 9.59 Å². The maximum Gasteiger partial charge on any atom is 0.338 e. The molecule has 3 rings (SSSR count). The van der Waals surface area contributed by atoms with E-state index in [4.69, 9.17) is 14.2 Å². The molecule has 146 valence electrons. The van der Waals surface area contributed by atoms with Gasteiger partial charge in [-0.15, -0.1) is 0 Å². The highest BCUT2D eigenvalue weighted by Crippen LogP contribution is 2.42. The van der Waals surface area contributed by atoms with Crippen molar-refractivity contribution in [1.82, 2.24) is 10.2 Å². The number of fused-ring (bicyclic) bond motifs is 1. The number of allylic oxidation sites excluding steroid dienone is 1. The topological polar surface area (TPSA) is 77.1 Å². The van der Waals surface area contributed by atoms with Crippen LogP contribution in [0.3, 0.4) is 0 Å². The summed E-state index contributed by atoms with van der Waals surface area (Å²) in [5.74, 6) is 2.45. The Kier molecular flexibility index (Phi) is 6.21. The number of esters is 1. The van der Waals surface area contributed by atoms with E-state index in [0.29, 0.717) is 39.4 Å². The normalized spacial score (nSPS) is 18.6. The van der Waals surface area contributed by atoms with E-state index in [1.165, 1.54) is 4.90 Å². The van der Waals surface area contributed by atoms with E-state index >= 15 is 0 Å². The molecule has 0 saturated carbocycles. The molecule has 0 aliphatic carbocycles. The number of halogens is 1. The minimum atomic E-state index is -0.649. The second-order valence-corrected chi connectivity index (χ2v) is 8.25. The standard InChI is InChI=1S/C18H21BrN2O5S/c1-4-27-6-5-24-17(22)15-10(2)21(3)18(23)20-16(15)11-7-13-14(8-12(11)19)26-9-25-13/h7-8,16H,4-6,9H2,1-3H3,(H,20,23)/t16-/m1/s1. The first kappa shape index (κ1) is 19.9. The molecule has 1 N–H and O–H groups in total. The molecule has 0 fully saturated rings. The third kappa shape index (κ3) is 4.03. The van der Waals surface area contributed by atoms with Crippen molar-refractivity contribution in [2.24, 2.45) is 0 Å². The number of amides is 2. The van der Waals surface area contributed by atoms with Crippen LogP contribution in [0.5, 0.6) is 11.5 Å². The number of ether oxygens (including phenoxy) is 3. The molecule has 0 radical (unpaired) electrons. The van der Waals surface area contributed by atoms with Crippen molar-refractivity contribution in [2.75, 3.05) is 32.0 Å². The molecule has 2 aliphatic heterocycles. The maximum absolute atomic E-state index is 12.8. The minimum absolute atomic E-state index is 0.143. The highest BCUT2D eigenvalue weighted by atomic mass is 79.9. The van der Waals surface area contributed by atoms with Crippen molar-refractivity contribution in [3.63, 3.8) is 0 Å². The Hall–Kier alpha value is -1.87. The van der Waals surface area contributed by atoms with Gasteiger partial charge in [0.2, 0.25) is 6.79 Å². The van der Waals surface area contributed by atoms with E-state index in [9.17, 15) is 9.59 Å². The van der Waals surface area contributed by atoms with E-state index < -0.39 is 12.0 Å². The first-order valence-corrected chi connectivity index (χ1v) is 10.5. The van der Waals surface area contributed by atoms with Crippen molar-refractivity contribution in [3.05, 3.63) is 33.4 Å². The summed E-state index contributed by atoms with van der Waals surface area (Å²) in [5, 5.41) is 2.87. The Morgan fingerprint density at radius 1 is 1.41 bits per heavy atom. The fourth-order valence-electron chi connectivity index (χ4n) is 2.90. The van der Waals surface area contributed by atoms with Gasteiger partial charge >= 0.3 is 12.0 Å². The highest BCUT2D eigenvalue weighted by molar-refractivity contribution is 9.10. The van der Waals surface area contributed by atoms with Gasteiger partial charge in [-0.2, -0.15) is 11.8 Å². The Balaban J connectivity index is 1.94. The van der Waals surface area contributed by atoms with E-state index in [1.807, 2.05) is 0 Å². The summed E-state index contributed by atoms with van der Waals surface area (Å²) in [6.07, 6.45) is 0. The highest BCUT2D eigenvalue weighted by Gasteiger charge is 2.36. The fraction of sp³-hybridized carbons (Fsp3) is 0.444. The summed E-state index contributed by atoms with van der Waals surface area (Å²) in [5.41, 5.74) is 1.66. The van der Waals surface area contributed by atoms with Crippen LogP contribution in [0.25, 0.3) is 0 Å². The lowest BCUT2D eigenvalue weighted by molar-refractivity contribution is -0.139. The Labute approximate surface area is 170 Å². The van der Waals surface area contributed by atoms with Crippen molar-refractivity contribution < 1.29 is 23.8 Å². The zero-order valence-electron chi connectivity index (χ0n) is 15.3. The Bertz CT molecular complexity index is 798. The van der Waals surface area contributed by atoms with Gasteiger partial charge in [0.15, 0.2) is 11.5 Å². The first-order valence-electron chi connectivity index (χ1n) is 8.53. The van der Waals surface area contributed by atoms with Gasteiger partial charge in [-0.05, 0) is 30.4 Å². The van der Waals surface area contributed by atoms with Crippen LogP contribution in [0.4, 0.5) is 4.79 Å². The van der Waals surface area contributed by atoms with Crippen molar-refractivity contribution in [3.8, 4) is 11.5 Å². The van der Waals surface area contributed by atoms with Crippen LogP contribution >= 0.6 is 27.7 Å². The average Bonchev–Trinajstić information content (AvgIpc) is 3.09. The van der Waals surface area contributed by atoms with Gasteiger partial charge in [0, 0.05) is 23.0 Å². The predicted molar refractivity (Wildman–Crippen MR) is 106 cm³/mol. The molecule has 0 spiro atoms. The summed E-state index contributed by atoms with van der Waals surface area (Å²) in [7, 11) is 1.62. The van der Waals surface area contributed by atoms with E-state index in [2.05, 4.69) is 28.2 Å². The molecule has 1 atom stereocenters. The third-order valence-corrected chi connectivity index (χ3v) is 5.99. The van der Waals surface area contributed by atoms with Crippen LogP contribution < -0.4 is 14.8 Å². The molecule has 2 aliphatic rings. The summed E-state index contributed by atoms with van der Waals surface area (Å²) in [4.78, 5) is 26.6. The molecular weight excluding hydrogens is 436 g/mol. The number of carbonyl (C=O) groups excluding carboxylic acids is 2. The number of thioether (sulfide) groups is 1. The Morgan fingerprint density at radius 3 is 2.81 bits per heavy atom. The van der Waals surface area contributed by atoms with Gasteiger partial charge in [0.05, 0.1) is 11.6 Å². The van der Waals surface area contributed by atoms with Crippen LogP contribution in [0, 0.1) is 0 Å². The van der Waals surface area contributed by atoms with Crippen LogP contribution in [0.2, 0.25) is 0 Å². The predicted octanol–water partition coefficient (Wildman–Crippen LogP) is 3.44. The van der Waals surface area contributed by atoms with Gasteiger partial charge in [0.25, 0.3) is 0 Å². The quantitative estimate of drug-likeness (QED) is 0.521. The lowest BCUT2D eigenvalue weighted by Gasteiger charge is -2.33. The number of carbonyl (C=O) groups is 2. The molecule has 9 heteroatoms. The summed E-state index contributed by atoms with van der Waals surface area (Å²) >= 11 is 5.21. The molecule has 1 aromatic carbocycles. The largest absolute Gasteiger partial charge is 0.461 e. The van der Waals surface area contributed by atoms with E-state index in [1.54, 1.807) is 37.9 Å². The minimum Gasteiger partial charge on any atom is -0.461 e. The monoisotopic (exact) mass is 456 g/mol. The number of benzene rings is 1. The number of hydrogen-bond donors (Lipinski definition) is 1. The molecule has 2 amide bonds. The zero-order chi connectivity index (χ0) is 19.6. The summed E-state index contributed by atoms with van der Waals surface area (Å²) < 4.78 is 17.0. The van der Waals surface area contributed by atoms with Gasteiger partial charge in [-0.3, -0.25) is 0 Å². The number of hydrogen-bond acceptors (Lipinski definition) is 6. The summed E-state index contributed by atoms with van der Waals surface area (Å²) in [6.45, 7) is 4.26. The second kappa shape index (κ2) is 8.43. The molecule has 0 saturated heterocycles. The number of urea groups is 1. The van der Waals surface area contributed by atoms with E-state index in [-0.39, 0.29) is 12.8 Å². The molecule has 2 heterocycles. The van der Waals surface area contributed by atoms with Crippen LogP contribution in [0.1, 0.15) is 25.5 Å². The molecule has 27 heavy (non-hydrogen) atoms. The Morgan fingerprint density at radius 2 is 2.11 bits per heavy atom. The third-order valence-electron chi connectivity index (χ3n) is 4.44. The number of rotatable bonds is 6. The number of nitrogens with one attached hydrogen (secondary N) is 1. The second-order valence-electron chi connectivity index (χ2n) is 6.00. The van der Waals surface area contributed by atoms with Crippen molar-refractivity contribution in [2.45, 2.75) is 19.9 Å². The molecule has 1 aromatic rings. The molecule has 7 nitrogen and oxygen atoms in total. The lowest BCUT2D eigenvalue weighted by atomic mass is 9.94. The lowest BCUT2D eigenvalue weighted by Crippen LogP contribution is -2.46. The average molecular weight is 457 g/mol. The number of nitrogens with zero attached hydrogens (tertiary/aromatic N) is 1. The summed E-state index contributed by atoms with van der Waals surface area (Å²) in [6, 6.07) is 2.61. The van der Waals surface area contributed by atoms with Crippen LogP contribution in [-0.4, -0.2) is 48.9 Å². The van der Waals surface area contributed by atoms with Gasteiger partial charge in [-0.1, -0.05) is 22.9 Å². The van der Waals surface area contributed by atoms with Gasteiger partial charge < -0.3 is 24.4 Å². The smallest absolute Gasteiger partial charge is 0.338 e. The fourth-order valence-corrected chi connectivity index (χ4v) is 3.94. The van der Waals surface area contributed by atoms with Crippen LogP contribution in [-0.2, 0) is 9.53 Å². The van der Waals surface area contributed by atoms with Crippen molar-refractivity contribution >= 4 is 39.7 Å². The molecule has 0 bridgehead atoms. The van der Waals surface area contributed by atoms with Crippen molar-refractivity contribution in [1.29, 1.82) is 0 Å². The SMILES string of the molecule is CCSCCOC(=O)C1=C(C)N(C)C(=O)N[C@@H]1c1cc2c(cc1Br)OCO2.